The molecule has 2 aliphatic rings. The second-order valence-corrected chi connectivity index (χ2v) is 10.0. The van der Waals surface area contributed by atoms with Crippen LogP contribution in [0.2, 0.25) is 0 Å². The number of rotatable bonds is 9. The molecule has 0 spiro atoms. The number of hydrogen-bond acceptors (Lipinski definition) is 6. The highest BCUT2D eigenvalue weighted by Crippen LogP contribution is 2.28. The summed E-state index contributed by atoms with van der Waals surface area (Å²) >= 11 is 0. The molecule has 0 unspecified atom stereocenters. The predicted octanol–water partition coefficient (Wildman–Crippen LogP) is 3.91. The van der Waals surface area contributed by atoms with Gasteiger partial charge in [-0.2, -0.15) is 0 Å². The molecule has 1 saturated heterocycles. The maximum atomic E-state index is 14.1. The molecule has 1 aromatic carbocycles. The van der Waals surface area contributed by atoms with Gasteiger partial charge in [-0.1, -0.05) is 24.4 Å². The molecular formula is C27H36F2N4O4. The Balaban J connectivity index is 1.46. The number of carbonyl (C=O) groups excluding carboxylic acids is 2. The standard InChI is InChI=1S/C27H36F2N4O4/c1-3-36-16-17(2)30-26(34)21-15-33(19-7-5-4-6-8-19)12-11-23(21)31-27(35)24-14-25(37-32-24)20-10-9-18(28)13-22(20)29/h9-10,13-14,17,19,21,23H,3-8,11-12,15-16H2,1-2H3,(H,30,34)(H,31,35)/t17-,21-,23-/m1/s1. The molecule has 2 heterocycles. The Labute approximate surface area is 216 Å². The lowest BCUT2D eigenvalue weighted by Gasteiger charge is -2.43. The monoisotopic (exact) mass is 518 g/mol. The number of nitrogens with one attached hydrogen (secondary N) is 2. The Bertz CT molecular complexity index is 1070. The molecule has 8 nitrogen and oxygen atoms in total. The molecule has 2 amide bonds. The van der Waals surface area contributed by atoms with Crippen LogP contribution >= 0.6 is 0 Å². The second kappa shape index (κ2) is 12.6. The molecule has 2 N–H and O–H groups in total. The van der Waals surface area contributed by atoms with Crippen LogP contribution in [0.25, 0.3) is 11.3 Å². The van der Waals surface area contributed by atoms with Gasteiger partial charge in [-0.15, -0.1) is 0 Å². The van der Waals surface area contributed by atoms with Gasteiger partial charge < -0.3 is 19.9 Å². The average molecular weight is 519 g/mol. The zero-order chi connectivity index (χ0) is 26.4. The van der Waals surface area contributed by atoms with Gasteiger partial charge in [-0.25, -0.2) is 8.78 Å². The lowest BCUT2D eigenvalue weighted by molar-refractivity contribution is -0.129. The summed E-state index contributed by atoms with van der Waals surface area (Å²) < 4.78 is 38.0. The van der Waals surface area contributed by atoms with Gasteiger partial charge in [0.15, 0.2) is 11.5 Å². The van der Waals surface area contributed by atoms with Crippen molar-refractivity contribution in [1.82, 2.24) is 20.7 Å². The number of benzene rings is 1. The Morgan fingerprint density at radius 1 is 1.19 bits per heavy atom. The Morgan fingerprint density at radius 3 is 2.70 bits per heavy atom. The molecule has 2 aromatic rings. The second-order valence-electron chi connectivity index (χ2n) is 10.0. The normalized spacial score (nSPS) is 21.9. The van der Waals surface area contributed by atoms with E-state index in [0.29, 0.717) is 32.2 Å². The fourth-order valence-electron chi connectivity index (χ4n) is 5.32. The number of ether oxygens (including phenoxy) is 1. The van der Waals surface area contributed by atoms with Crippen molar-refractivity contribution in [3.63, 3.8) is 0 Å². The minimum atomic E-state index is -0.809. The molecule has 0 radical (unpaired) electrons. The third-order valence-electron chi connectivity index (χ3n) is 7.29. The Kier molecular flexibility index (Phi) is 9.26. The topological polar surface area (TPSA) is 96.7 Å². The quantitative estimate of drug-likeness (QED) is 0.523. The molecule has 10 heteroatoms. The summed E-state index contributed by atoms with van der Waals surface area (Å²) in [6.07, 6.45) is 6.54. The first kappa shape index (κ1) is 27.2. The van der Waals surface area contributed by atoms with Crippen molar-refractivity contribution >= 4 is 11.8 Å². The van der Waals surface area contributed by atoms with E-state index in [0.717, 1.165) is 31.5 Å². The highest BCUT2D eigenvalue weighted by atomic mass is 19.1. The van der Waals surface area contributed by atoms with E-state index in [1.807, 2.05) is 13.8 Å². The smallest absolute Gasteiger partial charge is 0.273 e. The number of nitrogens with zero attached hydrogens (tertiary/aromatic N) is 2. The van der Waals surface area contributed by atoms with Gasteiger partial charge in [0.2, 0.25) is 5.91 Å². The first-order valence-electron chi connectivity index (χ1n) is 13.2. The Hall–Kier alpha value is -2.85. The van der Waals surface area contributed by atoms with Crippen LogP contribution in [0.1, 0.15) is 62.9 Å². The van der Waals surface area contributed by atoms with Gasteiger partial charge in [0.05, 0.1) is 18.1 Å². The van der Waals surface area contributed by atoms with Crippen molar-refractivity contribution < 1.29 is 27.6 Å². The van der Waals surface area contributed by atoms with Crippen LogP contribution in [0.4, 0.5) is 8.78 Å². The summed E-state index contributed by atoms with van der Waals surface area (Å²) in [5, 5.41) is 9.79. The summed E-state index contributed by atoms with van der Waals surface area (Å²) in [7, 11) is 0. The summed E-state index contributed by atoms with van der Waals surface area (Å²) in [4.78, 5) is 28.8. The van der Waals surface area contributed by atoms with Crippen LogP contribution in [-0.2, 0) is 9.53 Å². The van der Waals surface area contributed by atoms with Crippen LogP contribution in [0.15, 0.2) is 28.8 Å². The van der Waals surface area contributed by atoms with Gasteiger partial charge in [-0.3, -0.25) is 14.5 Å². The van der Waals surface area contributed by atoms with Crippen molar-refractivity contribution in [3.8, 4) is 11.3 Å². The van der Waals surface area contributed by atoms with Crippen molar-refractivity contribution in [2.75, 3.05) is 26.3 Å². The van der Waals surface area contributed by atoms with Crippen LogP contribution < -0.4 is 10.6 Å². The molecule has 2 fully saturated rings. The number of halogens is 2. The first-order chi connectivity index (χ1) is 17.9. The van der Waals surface area contributed by atoms with E-state index < -0.39 is 29.5 Å². The van der Waals surface area contributed by atoms with Crippen LogP contribution in [0.3, 0.4) is 0 Å². The van der Waals surface area contributed by atoms with Crippen LogP contribution in [0.5, 0.6) is 0 Å². The Morgan fingerprint density at radius 2 is 1.97 bits per heavy atom. The largest absolute Gasteiger partial charge is 0.380 e. The SMILES string of the molecule is CCOC[C@@H](C)NC(=O)[C@@H]1CN(C2CCCCC2)CC[C@H]1NC(=O)c1cc(-c2ccc(F)cc2F)on1. The van der Waals surface area contributed by atoms with E-state index in [4.69, 9.17) is 9.26 Å². The molecule has 4 rings (SSSR count). The number of hydrogen-bond donors (Lipinski definition) is 2. The zero-order valence-corrected chi connectivity index (χ0v) is 21.5. The van der Waals surface area contributed by atoms with E-state index in [-0.39, 0.29) is 29.0 Å². The summed E-state index contributed by atoms with van der Waals surface area (Å²) in [5.41, 5.74) is -0.0217. The average Bonchev–Trinajstić information content (AvgIpc) is 3.38. The number of amides is 2. The molecular weight excluding hydrogens is 482 g/mol. The predicted molar refractivity (Wildman–Crippen MR) is 134 cm³/mol. The van der Waals surface area contributed by atoms with Gasteiger partial charge >= 0.3 is 0 Å². The minimum Gasteiger partial charge on any atom is -0.380 e. The van der Waals surface area contributed by atoms with E-state index in [1.165, 1.54) is 31.4 Å². The summed E-state index contributed by atoms with van der Waals surface area (Å²) in [6, 6.07) is 4.32. The zero-order valence-electron chi connectivity index (χ0n) is 21.5. The number of carbonyl (C=O) groups is 2. The number of piperidine rings is 1. The maximum Gasteiger partial charge on any atom is 0.273 e. The van der Waals surface area contributed by atoms with Crippen LogP contribution in [0, 0.1) is 17.6 Å². The lowest BCUT2D eigenvalue weighted by atomic mass is 9.86. The van der Waals surface area contributed by atoms with Crippen LogP contribution in [-0.4, -0.2) is 66.3 Å². The van der Waals surface area contributed by atoms with Gasteiger partial charge in [0, 0.05) is 50.0 Å². The minimum absolute atomic E-state index is 0.00859. The highest BCUT2D eigenvalue weighted by Gasteiger charge is 2.38. The van der Waals surface area contributed by atoms with E-state index >= 15 is 0 Å². The van der Waals surface area contributed by atoms with Gasteiger partial charge in [-0.05, 0) is 45.2 Å². The third kappa shape index (κ3) is 6.93. The van der Waals surface area contributed by atoms with Crippen molar-refractivity contribution in [3.05, 3.63) is 41.6 Å². The van der Waals surface area contributed by atoms with E-state index in [1.54, 1.807) is 0 Å². The van der Waals surface area contributed by atoms with Crippen molar-refractivity contribution in [2.24, 2.45) is 5.92 Å². The molecule has 1 aromatic heterocycles. The molecule has 0 bridgehead atoms. The first-order valence-corrected chi connectivity index (χ1v) is 13.2. The van der Waals surface area contributed by atoms with Gasteiger partial charge in [0.1, 0.15) is 11.6 Å². The summed E-state index contributed by atoms with van der Waals surface area (Å²) in [5.74, 6) is -2.56. The lowest BCUT2D eigenvalue weighted by Crippen LogP contribution is -2.58. The van der Waals surface area contributed by atoms with Gasteiger partial charge in [0.25, 0.3) is 5.91 Å². The highest BCUT2D eigenvalue weighted by molar-refractivity contribution is 5.94. The summed E-state index contributed by atoms with van der Waals surface area (Å²) in [6.45, 7) is 6.14. The molecule has 202 valence electrons. The molecule has 3 atom stereocenters. The molecule has 1 aliphatic heterocycles. The molecule has 37 heavy (non-hydrogen) atoms. The third-order valence-corrected chi connectivity index (χ3v) is 7.29. The molecule has 1 saturated carbocycles. The fraction of sp³-hybridized carbons (Fsp3) is 0.593. The fourth-order valence-corrected chi connectivity index (χ4v) is 5.32. The van der Waals surface area contributed by atoms with E-state index in [9.17, 15) is 18.4 Å². The van der Waals surface area contributed by atoms with Crippen molar-refractivity contribution in [1.29, 1.82) is 0 Å². The molecule has 1 aliphatic carbocycles. The van der Waals surface area contributed by atoms with Crippen molar-refractivity contribution in [2.45, 2.75) is 70.5 Å². The number of aromatic nitrogens is 1. The number of likely N-dealkylation sites (tertiary alicyclic amines) is 1. The van der Waals surface area contributed by atoms with E-state index in [2.05, 4.69) is 20.7 Å². The maximum absolute atomic E-state index is 14.1.